The molecule has 0 rings (SSSR count). The average molecular weight is 2040 g/mol. The van der Waals surface area contributed by atoms with Crippen molar-refractivity contribution in [3.63, 3.8) is 0 Å². The second-order valence-corrected chi connectivity index (χ2v) is 30.7. The quantitative estimate of drug-likeness (QED) is 0.0156. The zero-order valence-electron chi connectivity index (χ0n) is 75.3. The number of carbonyl (C=O) groups is 2. The zero-order chi connectivity index (χ0) is 91.1. The van der Waals surface area contributed by atoms with Crippen molar-refractivity contribution in [1.82, 2.24) is 6.15 Å². The number of carbonyl (C=O) groups excluding carboxylic acids is 1. The number of rotatable bonds is 37. The van der Waals surface area contributed by atoms with Gasteiger partial charge in [0, 0.05) is 48.2 Å². The minimum absolute atomic E-state index is 0. The number of quaternary nitrogens is 1. The van der Waals surface area contributed by atoms with E-state index in [0.29, 0.717) is 32.4 Å². The van der Waals surface area contributed by atoms with Gasteiger partial charge in [-0.25, -0.2) is 0 Å². The number of aliphatic hydroxyl groups excluding tert-OH is 7. The van der Waals surface area contributed by atoms with Crippen LogP contribution in [0.3, 0.4) is 0 Å². The van der Waals surface area contributed by atoms with Crippen LogP contribution in [0.25, 0.3) is 0 Å². The van der Waals surface area contributed by atoms with Gasteiger partial charge in [-0.2, -0.15) is 7.57 Å². The molecule has 0 aliphatic heterocycles. The number of hydrogen-bond donors (Lipinski definition) is 22. The molecule has 0 fully saturated rings. The molecule has 32 N–H and O–H groups in total. The summed E-state index contributed by atoms with van der Waals surface area (Å²) in [6.45, 7) is 18.7. The number of carboxylic acid groups (broad SMARTS) is 1. The van der Waals surface area contributed by atoms with Gasteiger partial charge in [-0.1, -0.05) is 61.6 Å². The number of hydrogen-bond acceptors (Lipinski definition) is 45. The van der Waals surface area contributed by atoms with Crippen LogP contribution in [0, 0.1) is 0 Å². The number of phosphoric acid groups is 6. The van der Waals surface area contributed by atoms with Gasteiger partial charge in [0.1, 0.15) is 11.8 Å². The van der Waals surface area contributed by atoms with Gasteiger partial charge in [0.2, 0.25) is 0 Å². The second kappa shape index (κ2) is 122. The minimum atomic E-state index is -4.67. The van der Waals surface area contributed by atoms with Gasteiger partial charge >= 0.3 is 249 Å². The topological polar surface area (TPSA) is 998 Å². The van der Waals surface area contributed by atoms with E-state index in [2.05, 4.69) is 59.6 Å². The first-order chi connectivity index (χ1) is 49.0. The van der Waals surface area contributed by atoms with E-state index >= 15 is 0 Å². The van der Waals surface area contributed by atoms with E-state index in [4.69, 9.17) is 110 Å². The molecule has 68 heteroatoms. The number of aliphatic carboxylic acids is 1. The number of aliphatic hydroxyl groups is 7. The summed E-state index contributed by atoms with van der Waals surface area (Å²) in [5.74, 6) is -0.867. The molecule has 0 amide bonds. The van der Waals surface area contributed by atoms with Crippen LogP contribution in [-0.4, -0.2) is 292 Å². The summed E-state index contributed by atoms with van der Waals surface area (Å²) in [5, 5.41) is 67.3. The molecular formula is C51H144KN8Na7O43P9-9. The van der Waals surface area contributed by atoms with E-state index in [9.17, 15) is 95.7 Å². The predicted molar refractivity (Wildman–Crippen MR) is 419 cm³/mol. The molecule has 0 heterocycles. The van der Waals surface area contributed by atoms with Crippen molar-refractivity contribution in [2.24, 2.45) is 40.1 Å². The van der Waals surface area contributed by atoms with Gasteiger partial charge in [-0.15, -0.1) is 6.30 Å². The molecule has 8 atom stereocenters. The van der Waals surface area contributed by atoms with Crippen molar-refractivity contribution in [1.29, 1.82) is 0 Å². The molecular weight excluding hydrogens is 1890 g/mol. The standard InChI is InChI=1S/C7H16N2O.C6H14N2O2.2C5H13NO2.C4H11NO3.2C3H8O3P.C3H7O3P.6C2H7O4P.3CH4.K.H3N.7Na.4H/c1-6(10)7(9)4-2-3-5-8;7-4-2-1-3-5(8)6(9)10;2*1-2-5(6,3-7)4-8;5-4(1-6,2-7)3-8;3*1-3-6-7(2,4)5;6*1-2-6-7(3,4)5;;;;;;;;;;;;;;;;/h7H,2-5,8-9H2,1H3;5H,1-4,7-8H2,(H,9,10);2*7-8H,2-4,6H2,1H3;6-8H,1-3,5H2;2*2-3H2,1H3,(H-,4,5);2-3H2,1H3;6*2H2,1H3,(H2,3,4,5);3*1H4;;1H3;;;;;;;;;;;/q;;;;;2*-1;-2;;;;;;;;;;+1;;;;5*+1;4*-1/p-7/t7-;5-;;;;;;;;;;;;;;;;;;;;;;;;;;;;/m00............................/s1. The molecule has 0 aliphatic carbocycles. The van der Waals surface area contributed by atoms with Crippen LogP contribution < -0.4 is 304 Å². The number of ketones is 1. The number of unbranched alkanes of at least 4 members (excludes halogenated alkanes) is 2. The third kappa shape index (κ3) is 245. The van der Waals surface area contributed by atoms with Gasteiger partial charge in [0.25, 0.3) is 31.3 Å². The van der Waals surface area contributed by atoms with E-state index in [1.807, 2.05) is 13.8 Å². The third-order valence-corrected chi connectivity index (χ3v) is 14.6. The van der Waals surface area contributed by atoms with Crippen LogP contribution in [-0.2, 0) is 77.7 Å². The van der Waals surface area contributed by atoms with Crippen LogP contribution in [0.2, 0.25) is 0 Å². The maximum absolute atomic E-state index is 10.6. The number of Topliss-reactive ketones (excluding diaryl/α,β-unsaturated/α-hetero) is 1. The van der Waals surface area contributed by atoms with E-state index in [1.54, 1.807) is 20.8 Å². The summed E-state index contributed by atoms with van der Waals surface area (Å²) in [4.78, 5) is 185. The molecule has 0 aromatic carbocycles. The first kappa shape index (κ1) is 194. The number of phosphoric ester groups is 6. The Morgan fingerprint density at radius 2 is 0.563 bits per heavy atom. The molecule has 0 aliphatic rings. The van der Waals surface area contributed by atoms with Gasteiger partial charge in [0.05, 0.1) is 111 Å². The first-order valence-corrected chi connectivity index (χ1v) is 53.9. The van der Waals surface area contributed by atoms with Crippen molar-refractivity contribution in [3.8, 4) is 0 Å². The molecule has 0 spiro atoms. The zero-order valence-corrected chi connectivity index (χ0v) is 96.5. The van der Waals surface area contributed by atoms with E-state index in [0.717, 1.165) is 32.1 Å². The second-order valence-electron chi connectivity index (χ2n) is 19.0. The molecule has 51 nitrogen and oxygen atoms in total. The van der Waals surface area contributed by atoms with E-state index in [1.165, 1.54) is 92.1 Å². The van der Waals surface area contributed by atoms with Gasteiger partial charge in [0.15, 0.2) is 0 Å². The normalized spacial score (nSPS) is 13.4. The van der Waals surface area contributed by atoms with E-state index < -0.39 is 118 Å². The predicted octanol–water partition coefficient (Wildman–Crippen LogP) is -26.9. The summed E-state index contributed by atoms with van der Waals surface area (Å²) in [6, 6.07) is -0.988. The first-order valence-electron chi connectivity index (χ1n) is 31.7. The molecule has 708 valence electrons. The van der Waals surface area contributed by atoms with Crippen molar-refractivity contribution in [2.45, 2.75) is 185 Å². The van der Waals surface area contributed by atoms with Crippen LogP contribution in [0.4, 0.5) is 0 Å². The van der Waals surface area contributed by atoms with E-state index in [-0.39, 0.29) is 331 Å². The average Bonchev–Trinajstić information content (AvgIpc) is 0.947. The number of nitrogens with two attached hydrogens (primary N) is 7. The van der Waals surface area contributed by atoms with Crippen molar-refractivity contribution < 1.29 is 412 Å². The van der Waals surface area contributed by atoms with Crippen LogP contribution in [0.5, 0.6) is 0 Å². The molecule has 6 unspecified atom stereocenters. The Morgan fingerprint density at radius 1 is 0.387 bits per heavy atom. The van der Waals surface area contributed by atoms with Crippen molar-refractivity contribution in [2.75, 3.05) is 119 Å². The SMILES string of the molecule is C.C.C.C=P([O-])(O)OCC.C=P([O-])(O)OCC.C=P([O-])([O-])OCC.CC(=O)[C@@H](N)CCCCN.CCC(N)(CO)CO.CCC(N)(CO)CO.CCOP(=O)([O-])O.CCOP(=O)([O-])O.CCOP(=O)([O-])O.CCOP(=O)([O-])O.CCOP(=O)([O-])[O-].CCOP(=O)([O-])[O-].NC(CO)(CO)CO.NCCCC[C@H](N)C(=O)O.[H-].[H-].[H-].[H-].[K+].[NH4+].[Na+].[Na+].[Na+].[Na+].[Na+].[Na][Na]. The Balaban J connectivity index is -0.0000000284. The molecule has 0 aromatic rings. The fourth-order valence-corrected chi connectivity index (χ4v) is 6.75. The molecule has 0 saturated carbocycles. The molecule has 0 aromatic heterocycles. The summed E-state index contributed by atoms with van der Waals surface area (Å²) in [6.07, 6.45) is 14.5. The molecule has 119 heavy (non-hydrogen) atoms. The Labute approximate surface area is 893 Å². The van der Waals surface area contributed by atoms with Gasteiger partial charge < -0.3 is 231 Å². The van der Waals surface area contributed by atoms with Gasteiger partial charge in [-0.05, 0) is 121 Å². The van der Waals surface area contributed by atoms with Crippen molar-refractivity contribution >= 4 is 144 Å². The third-order valence-electron chi connectivity index (χ3n) is 9.12. The molecule has 0 radical (unpaired) electrons. The Bertz CT molecular complexity index is 2040. The van der Waals surface area contributed by atoms with Crippen molar-refractivity contribution in [3.05, 3.63) is 0 Å². The number of carboxylic acids is 1. The Morgan fingerprint density at radius 3 is 0.613 bits per heavy atom. The summed E-state index contributed by atoms with van der Waals surface area (Å²) >= 11 is 2.89. The maximum atomic E-state index is 10.6. The molecule has 0 saturated heterocycles. The summed E-state index contributed by atoms with van der Waals surface area (Å²) < 4.78 is 92.4. The summed E-state index contributed by atoms with van der Waals surface area (Å²) in [5.41, 5.74) is 34.4. The fraction of sp³-hybridized carbons (Fsp3) is 0.902. The Kier molecular flexibility index (Phi) is 200. The van der Waals surface area contributed by atoms with Gasteiger partial charge in [-0.3, -0.25) is 27.8 Å². The summed E-state index contributed by atoms with van der Waals surface area (Å²) in [7, 11) is -37.5. The van der Waals surface area contributed by atoms with Crippen LogP contribution >= 0.6 is 69.6 Å². The molecule has 0 bridgehead atoms. The Hall–Kier alpha value is 8.38. The van der Waals surface area contributed by atoms with Crippen LogP contribution in [0.15, 0.2) is 0 Å². The fourth-order valence-electron chi connectivity index (χ4n) is 3.61. The monoisotopic (exact) mass is 2040 g/mol. The van der Waals surface area contributed by atoms with Crippen LogP contribution in [0.1, 0.15) is 162 Å².